The fourth-order valence-corrected chi connectivity index (χ4v) is 1.88. The van der Waals surface area contributed by atoms with Gasteiger partial charge in [-0.2, -0.15) is 0 Å². The van der Waals surface area contributed by atoms with Crippen molar-refractivity contribution in [1.29, 1.82) is 0 Å². The molecule has 1 aromatic carbocycles. The first kappa shape index (κ1) is 15.2. The number of aliphatic hydroxyl groups excluding tert-OH is 2. The fourth-order valence-electron chi connectivity index (χ4n) is 1.88. The van der Waals surface area contributed by atoms with Gasteiger partial charge in [0.2, 0.25) is 0 Å². The van der Waals surface area contributed by atoms with Crippen LogP contribution in [-0.2, 0) is 11.8 Å². The Bertz CT molecular complexity index is 342. The van der Waals surface area contributed by atoms with Gasteiger partial charge in [0.15, 0.2) is 0 Å². The van der Waals surface area contributed by atoms with E-state index in [0.29, 0.717) is 0 Å². The smallest absolute Gasteiger partial charge is 0.0607 e. The second-order valence-corrected chi connectivity index (χ2v) is 5.38. The molecule has 3 nitrogen and oxygen atoms in total. The molecule has 0 amide bonds. The van der Waals surface area contributed by atoms with Crippen LogP contribution in [0.5, 0.6) is 0 Å². The SMILES string of the molecule is CCc1ccc(C(C)(C)CNC(CO)CO)cc1. The van der Waals surface area contributed by atoms with E-state index in [4.69, 9.17) is 10.2 Å². The molecule has 1 aromatic rings. The lowest BCUT2D eigenvalue weighted by Crippen LogP contribution is -2.42. The van der Waals surface area contributed by atoms with Crippen LogP contribution in [-0.4, -0.2) is 36.0 Å². The Morgan fingerprint density at radius 2 is 1.67 bits per heavy atom. The topological polar surface area (TPSA) is 52.5 Å². The van der Waals surface area contributed by atoms with Crippen molar-refractivity contribution in [1.82, 2.24) is 5.32 Å². The molecule has 0 aromatic heterocycles. The van der Waals surface area contributed by atoms with Crippen molar-refractivity contribution in [3.63, 3.8) is 0 Å². The molecule has 0 heterocycles. The molecule has 0 aliphatic rings. The van der Waals surface area contributed by atoms with Crippen molar-refractivity contribution in [2.45, 2.75) is 38.6 Å². The zero-order chi connectivity index (χ0) is 13.6. The van der Waals surface area contributed by atoms with Crippen molar-refractivity contribution < 1.29 is 10.2 Å². The van der Waals surface area contributed by atoms with Gasteiger partial charge < -0.3 is 15.5 Å². The first-order valence-corrected chi connectivity index (χ1v) is 6.58. The van der Waals surface area contributed by atoms with Gasteiger partial charge in [0.1, 0.15) is 0 Å². The van der Waals surface area contributed by atoms with Crippen molar-refractivity contribution >= 4 is 0 Å². The van der Waals surface area contributed by atoms with Crippen molar-refractivity contribution in [3.05, 3.63) is 35.4 Å². The maximum atomic E-state index is 9.04. The highest BCUT2D eigenvalue weighted by molar-refractivity contribution is 5.28. The van der Waals surface area contributed by atoms with Gasteiger partial charge in [-0.15, -0.1) is 0 Å². The second-order valence-electron chi connectivity index (χ2n) is 5.38. The number of nitrogens with one attached hydrogen (secondary N) is 1. The summed E-state index contributed by atoms with van der Waals surface area (Å²) in [6, 6.07) is 8.40. The molecular formula is C15H25NO2. The summed E-state index contributed by atoms with van der Waals surface area (Å²) >= 11 is 0. The maximum absolute atomic E-state index is 9.04. The van der Waals surface area contributed by atoms with Crippen LogP contribution in [0.2, 0.25) is 0 Å². The van der Waals surface area contributed by atoms with Crippen molar-refractivity contribution in [3.8, 4) is 0 Å². The predicted molar refractivity (Wildman–Crippen MR) is 74.8 cm³/mol. The number of benzene rings is 1. The molecule has 0 unspecified atom stereocenters. The molecule has 3 N–H and O–H groups in total. The average Bonchev–Trinajstić information content (AvgIpc) is 2.40. The molecule has 102 valence electrons. The summed E-state index contributed by atoms with van der Waals surface area (Å²) in [6.07, 6.45) is 1.05. The highest BCUT2D eigenvalue weighted by Crippen LogP contribution is 2.22. The summed E-state index contributed by atoms with van der Waals surface area (Å²) < 4.78 is 0. The minimum Gasteiger partial charge on any atom is -0.395 e. The molecular weight excluding hydrogens is 226 g/mol. The van der Waals surface area contributed by atoms with E-state index in [9.17, 15) is 0 Å². The number of rotatable bonds is 7. The fraction of sp³-hybridized carbons (Fsp3) is 0.600. The first-order chi connectivity index (χ1) is 8.53. The molecule has 0 fully saturated rings. The van der Waals surface area contributed by atoms with Crippen LogP contribution in [0.15, 0.2) is 24.3 Å². The zero-order valence-electron chi connectivity index (χ0n) is 11.6. The molecule has 0 bridgehead atoms. The van der Waals surface area contributed by atoms with Gasteiger partial charge in [-0.3, -0.25) is 0 Å². The molecule has 18 heavy (non-hydrogen) atoms. The van der Waals surface area contributed by atoms with E-state index in [0.717, 1.165) is 13.0 Å². The van der Waals surface area contributed by atoms with Crippen LogP contribution in [0, 0.1) is 0 Å². The molecule has 0 radical (unpaired) electrons. The van der Waals surface area contributed by atoms with Crippen LogP contribution >= 0.6 is 0 Å². The van der Waals surface area contributed by atoms with Gasteiger partial charge in [0.05, 0.1) is 19.3 Å². The van der Waals surface area contributed by atoms with Gasteiger partial charge in [-0.25, -0.2) is 0 Å². The molecule has 1 rings (SSSR count). The Kier molecular flexibility index (Phi) is 5.79. The third-order valence-corrected chi connectivity index (χ3v) is 3.42. The summed E-state index contributed by atoms with van der Waals surface area (Å²) in [6.45, 7) is 7.11. The Hall–Kier alpha value is -0.900. The van der Waals surface area contributed by atoms with Gasteiger partial charge in [-0.05, 0) is 17.5 Å². The lowest BCUT2D eigenvalue weighted by molar-refractivity contribution is 0.166. The largest absolute Gasteiger partial charge is 0.395 e. The minimum absolute atomic E-state index is 0.0190. The van der Waals surface area contributed by atoms with E-state index in [1.165, 1.54) is 11.1 Å². The predicted octanol–water partition coefficient (Wildman–Crippen LogP) is 1.47. The summed E-state index contributed by atoms with van der Waals surface area (Å²) in [5.41, 5.74) is 2.59. The Morgan fingerprint density at radius 1 is 1.11 bits per heavy atom. The lowest BCUT2D eigenvalue weighted by atomic mass is 9.84. The highest BCUT2D eigenvalue weighted by Gasteiger charge is 2.21. The van der Waals surface area contributed by atoms with E-state index < -0.39 is 0 Å². The molecule has 0 spiro atoms. The molecule has 0 atom stereocenters. The quantitative estimate of drug-likeness (QED) is 0.688. The van der Waals surface area contributed by atoms with Crippen LogP contribution in [0.3, 0.4) is 0 Å². The average molecular weight is 251 g/mol. The van der Waals surface area contributed by atoms with Crippen LogP contribution in [0.1, 0.15) is 31.9 Å². The lowest BCUT2D eigenvalue weighted by Gasteiger charge is -2.28. The molecule has 0 aliphatic heterocycles. The van der Waals surface area contributed by atoms with Crippen molar-refractivity contribution in [2.75, 3.05) is 19.8 Å². The minimum atomic E-state index is -0.237. The normalized spacial score (nSPS) is 12.1. The summed E-state index contributed by atoms with van der Waals surface area (Å²) in [4.78, 5) is 0. The van der Waals surface area contributed by atoms with E-state index in [2.05, 4.69) is 50.4 Å². The Balaban J connectivity index is 2.66. The van der Waals surface area contributed by atoms with E-state index in [1.807, 2.05) is 0 Å². The standard InChI is InChI=1S/C15H25NO2/c1-4-12-5-7-13(8-6-12)15(2,3)11-16-14(9-17)10-18/h5-8,14,16-18H,4,9-11H2,1-3H3. The summed E-state index contributed by atoms with van der Waals surface area (Å²) in [5, 5.41) is 21.3. The summed E-state index contributed by atoms with van der Waals surface area (Å²) in [5.74, 6) is 0. The first-order valence-electron chi connectivity index (χ1n) is 6.58. The van der Waals surface area contributed by atoms with Gasteiger partial charge in [0.25, 0.3) is 0 Å². The molecule has 0 aliphatic carbocycles. The number of aryl methyl sites for hydroxylation is 1. The second kappa shape index (κ2) is 6.88. The van der Waals surface area contributed by atoms with Gasteiger partial charge in [-0.1, -0.05) is 45.0 Å². The molecule has 3 heteroatoms. The van der Waals surface area contributed by atoms with E-state index in [-0.39, 0.29) is 24.7 Å². The summed E-state index contributed by atoms with van der Waals surface area (Å²) in [7, 11) is 0. The molecule has 0 saturated heterocycles. The Morgan fingerprint density at radius 3 is 2.11 bits per heavy atom. The third-order valence-electron chi connectivity index (χ3n) is 3.42. The van der Waals surface area contributed by atoms with E-state index in [1.54, 1.807) is 0 Å². The number of hydrogen-bond donors (Lipinski definition) is 3. The highest BCUT2D eigenvalue weighted by atomic mass is 16.3. The number of aliphatic hydroxyl groups is 2. The van der Waals surface area contributed by atoms with Gasteiger partial charge >= 0.3 is 0 Å². The van der Waals surface area contributed by atoms with Crippen molar-refractivity contribution in [2.24, 2.45) is 0 Å². The van der Waals surface area contributed by atoms with Crippen LogP contribution in [0.4, 0.5) is 0 Å². The monoisotopic (exact) mass is 251 g/mol. The zero-order valence-corrected chi connectivity index (χ0v) is 11.6. The van der Waals surface area contributed by atoms with Gasteiger partial charge in [0, 0.05) is 12.0 Å². The van der Waals surface area contributed by atoms with Crippen LogP contribution < -0.4 is 5.32 Å². The van der Waals surface area contributed by atoms with Crippen LogP contribution in [0.25, 0.3) is 0 Å². The number of hydrogen-bond acceptors (Lipinski definition) is 3. The van der Waals surface area contributed by atoms with E-state index >= 15 is 0 Å². The maximum Gasteiger partial charge on any atom is 0.0607 e. The molecule has 0 saturated carbocycles. The third kappa shape index (κ3) is 4.09. The Labute approximate surface area is 110 Å².